The number of carboxylic acid groups (broad SMARTS) is 1. The number of hydrogen-bond acceptors (Lipinski definition) is 3. The van der Waals surface area contributed by atoms with Crippen LogP contribution < -0.4 is 0 Å². The smallest absolute Gasteiger partial charge is 0.309 e. The summed E-state index contributed by atoms with van der Waals surface area (Å²) in [5, 5.41) is 9.47. The number of nitrogens with zero attached hydrogens (tertiary/aromatic N) is 1. The van der Waals surface area contributed by atoms with Crippen LogP contribution in [-0.2, 0) is 9.53 Å². The summed E-state index contributed by atoms with van der Waals surface area (Å²) in [6.45, 7) is 5.92. The third-order valence-electron chi connectivity index (χ3n) is 4.79. The van der Waals surface area contributed by atoms with E-state index in [-0.39, 0.29) is 0 Å². The Labute approximate surface area is 116 Å². The van der Waals surface area contributed by atoms with Crippen LogP contribution in [0.3, 0.4) is 0 Å². The van der Waals surface area contributed by atoms with Gasteiger partial charge in [0.25, 0.3) is 0 Å². The van der Waals surface area contributed by atoms with Crippen molar-refractivity contribution in [2.45, 2.75) is 58.0 Å². The molecule has 1 unspecified atom stereocenters. The first-order valence-electron chi connectivity index (χ1n) is 7.74. The van der Waals surface area contributed by atoms with Crippen LogP contribution >= 0.6 is 0 Å². The van der Waals surface area contributed by atoms with Crippen LogP contribution in [0.5, 0.6) is 0 Å². The number of hydrogen-bond donors (Lipinski definition) is 1. The molecule has 2 heterocycles. The lowest BCUT2D eigenvalue weighted by Crippen LogP contribution is -2.45. The molecule has 0 spiro atoms. The quantitative estimate of drug-likeness (QED) is 0.805. The lowest BCUT2D eigenvalue weighted by Gasteiger charge is -2.39. The van der Waals surface area contributed by atoms with Gasteiger partial charge >= 0.3 is 5.97 Å². The van der Waals surface area contributed by atoms with Crippen LogP contribution in [0.2, 0.25) is 0 Å². The second-order valence-corrected chi connectivity index (χ2v) is 6.10. The molecule has 1 N–H and O–H groups in total. The Kier molecular flexibility index (Phi) is 5.22. The van der Waals surface area contributed by atoms with Gasteiger partial charge < -0.3 is 14.7 Å². The van der Waals surface area contributed by atoms with E-state index < -0.39 is 11.4 Å². The second-order valence-electron chi connectivity index (χ2n) is 6.10. The molecule has 2 saturated heterocycles. The molecule has 110 valence electrons. The van der Waals surface area contributed by atoms with E-state index in [0.717, 1.165) is 58.3 Å². The van der Waals surface area contributed by atoms with Gasteiger partial charge in [0.05, 0.1) is 11.5 Å². The van der Waals surface area contributed by atoms with E-state index in [1.165, 1.54) is 12.8 Å². The maximum Gasteiger partial charge on any atom is 0.309 e. The molecular weight excluding hydrogens is 242 g/mol. The summed E-state index contributed by atoms with van der Waals surface area (Å²) in [5.41, 5.74) is -0.449. The lowest BCUT2D eigenvalue weighted by molar-refractivity contribution is -0.152. The molecule has 4 nitrogen and oxygen atoms in total. The molecular formula is C15H27NO3. The summed E-state index contributed by atoms with van der Waals surface area (Å²) >= 11 is 0. The standard InChI is InChI=1S/C15H27NO3/c1-2-6-15(14(17)18)7-10-16(11-8-15)9-5-13-4-3-12-19-13/h13H,2-12H2,1H3,(H,17,18). The van der Waals surface area contributed by atoms with E-state index >= 15 is 0 Å². The minimum absolute atomic E-state index is 0.446. The van der Waals surface area contributed by atoms with Crippen LogP contribution in [-0.4, -0.2) is 48.3 Å². The number of piperidine rings is 1. The number of likely N-dealkylation sites (tertiary alicyclic amines) is 1. The highest BCUT2D eigenvalue weighted by Gasteiger charge is 2.40. The molecule has 1 atom stereocenters. The molecule has 0 aromatic heterocycles. The molecule has 19 heavy (non-hydrogen) atoms. The highest BCUT2D eigenvalue weighted by atomic mass is 16.5. The fraction of sp³-hybridized carbons (Fsp3) is 0.933. The Morgan fingerprint density at radius 3 is 2.68 bits per heavy atom. The zero-order valence-electron chi connectivity index (χ0n) is 12.1. The van der Waals surface area contributed by atoms with Crippen LogP contribution in [0.15, 0.2) is 0 Å². The van der Waals surface area contributed by atoms with E-state index in [2.05, 4.69) is 11.8 Å². The third-order valence-corrected chi connectivity index (χ3v) is 4.79. The van der Waals surface area contributed by atoms with Crippen molar-refractivity contribution in [2.75, 3.05) is 26.2 Å². The van der Waals surface area contributed by atoms with Crippen molar-refractivity contribution in [1.29, 1.82) is 0 Å². The Morgan fingerprint density at radius 1 is 1.42 bits per heavy atom. The first kappa shape index (κ1) is 14.8. The predicted molar refractivity (Wildman–Crippen MR) is 74.2 cm³/mol. The topological polar surface area (TPSA) is 49.8 Å². The molecule has 2 fully saturated rings. The van der Waals surface area contributed by atoms with E-state index in [9.17, 15) is 9.90 Å². The number of aliphatic carboxylic acids is 1. The van der Waals surface area contributed by atoms with Gasteiger partial charge in [0, 0.05) is 13.2 Å². The van der Waals surface area contributed by atoms with Crippen molar-refractivity contribution in [2.24, 2.45) is 5.41 Å². The minimum atomic E-state index is -0.590. The monoisotopic (exact) mass is 269 g/mol. The maximum absolute atomic E-state index is 11.5. The van der Waals surface area contributed by atoms with Crippen molar-refractivity contribution >= 4 is 5.97 Å². The Morgan fingerprint density at radius 2 is 2.16 bits per heavy atom. The highest BCUT2D eigenvalue weighted by Crippen LogP contribution is 2.36. The van der Waals surface area contributed by atoms with Gasteiger partial charge in [0.1, 0.15) is 0 Å². The van der Waals surface area contributed by atoms with E-state index in [1.54, 1.807) is 0 Å². The van der Waals surface area contributed by atoms with Gasteiger partial charge in [0.2, 0.25) is 0 Å². The van der Waals surface area contributed by atoms with Gasteiger partial charge in [-0.15, -0.1) is 0 Å². The van der Waals surface area contributed by atoms with Crippen molar-refractivity contribution in [3.8, 4) is 0 Å². The van der Waals surface area contributed by atoms with Crippen molar-refractivity contribution < 1.29 is 14.6 Å². The zero-order valence-corrected chi connectivity index (χ0v) is 12.1. The van der Waals surface area contributed by atoms with E-state index in [4.69, 9.17) is 4.74 Å². The molecule has 0 radical (unpaired) electrons. The molecule has 2 aliphatic heterocycles. The number of ether oxygens (including phenoxy) is 1. The Hall–Kier alpha value is -0.610. The summed E-state index contributed by atoms with van der Waals surface area (Å²) < 4.78 is 5.64. The molecule has 4 heteroatoms. The van der Waals surface area contributed by atoms with Gasteiger partial charge in [0.15, 0.2) is 0 Å². The summed E-state index contributed by atoms with van der Waals surface area (Å²) in [6, 6.07) is 0. The van der Waals surface area contributed by atoms with Crippen molar-refractivity contribution in [1.82, 2.24) is 4.90 Å². The van der Waals surface area contributed by atoms with Gasteiger partial charge in [-0.2, -0.15) is 0 Å². The molecule has 0 amide bonds. The highest BCUT2D eigenvalue weighted by molar-refractivity contribution is 5.74. The average Bonchev–Trinajstić information content (AvgIpc) is 2.91. The zero-order chi connectivity index (χ0) is 13.7. The van der Waals surface area contributed by atoms with Crippen molar-refractivity contribution in [3.63, 3.8) is 0 Å². The first-order chi connectivity index (χ1) is 9.16. The molecule has 2 aliphatic rings. The molecule has 2 rings (SSSR count). The van der Waals surface area contributed by atoms with Crippen LogP contribution in [0.1, 0.15) is 51.9 Å². The molecule has 0 aliphatic carbocycles. The van der Waals surface area contributed by atoms with Crippen LogP contribution in [0, 0.1) is 5.41 Å². The summed E-state index contributed by atoms with van der Waals surface area (Å²) in [5.74, 6) is -0.590. The first-order valence-corrected chi connectivity index (χ1v) is 7.74. The SMILES string of the molecule is CCCC1(C(=O)O)CCN(CCC2CCCO2)CC1. The normalized spacial score (nSPS) is 27.5. The molecule has 0 aromatic rings. The van der Waals surface area contributed by atoms with Gasteiger partial charge in [-0.05, 0) is 51.6 Å². The predicted octanol–water partition coefficient (Wildman–Crippen LogP) is 2.52. The number of carbonyl (C=O) groups is 1. The minimum Gasteiger partial charge on any atom is -0.481 e. The third kappa shape index (κ3) is 3.69. The number of carboxylic acids is 1. The maximum atomic E-state index is 11.5. The van der Waals surface area contributed by atoms with Gasteiger partial charge in [-0.3, -0.25) is 4.79 Å². The Balaban J connectivity index is 1.75. The summed E-state index contributed by atoms with van der Waals surface area (Å²) in [7, 11) is 0. The fourth-order valence-electron chi connectivity index (χ4n) is 3.45. The van der Waals surface area contributed by atoms with Gasteiger partial charge in [-0.25, -0.2) is 0 Å². The number of rotatable bonds is 6. The van der Waals surface area contributed by atoms with Crippen LogP contribution in [0.25, 0.3) is 0 Å². The average molecular weight is 269 g/mol. The van der Waals surface area contributed by atoms with Crippen molar-refractivity contribution in [3.05, 3.63) is 0 Å². The summed E-state index contributed by atoms with van der Waals surface area (Å²) in [6.07, 6.45) is 7.34. The molecule has 0 saturated carbocycles. The Bertz CT molecular complexity index is 292. The second kappa shape index (κ2) is 6.71. The lowest BCUT2D eigenvalue weighted by atomic mass is 9.75. The van der Waals surface area contributed by atoms with Crippen LogP contribution in [0.4, 0.5) is 0 Å². The summed E-state index contributed by atoms with van der Waals surface area (Å²) in [4.78, 5) is 13.9. The van der Waals surface area contributed by atoms with E-state index in [1.807, 2.05) is 0 Å². The van der Waals surface area contributed by atoms with E-state index in [0.29, 0.717) is 6.10 Å². The molecule has 0 aromatic carbocycles. The largest absolute Gasteiger partial charge is 0.481 e. The van der Waals surface area contributed by atoms with Gasteiger partial charge in [-0.1, -0.05) is 13.3 Å². The fourth-order valence-corrected chi connectivity index (χ4v) is 3.45. The molecule has 0 bridgehead atoms.